The Hall–Kier alpha value is -2.49. The van der Waals surface area contributed by atoms with Crippen molar-refractivity contribution < 1.29 is 17.9 Å². The standard InChI is InChI=1S/C24H29N3O4S2/c1-4-27-22-20(31-5-2)9-6-10-21(22)32-24(27)25-23(28)18-11-13-19(14-12-18)33(29,30)26-15-7-8-17(3)16-26/h6,9-14,17H,4-5,7-8,15-16H2,1-3H3. The van der Waals surface area contributed by atoms with Crippen LogP contribution >= 0.6 is 11.3 Å². The Morgan fingerprint density at radius 1 is 1.18 bits per heavy atom. The van der Waals surface area contributed by atoms with Gasteiger partial charge in [0.25, 0.3) is 5.91 Å². The van der Waals surface area contributed by atoms with E-state index in [1.54, 1.807) is 16.4 Å². The van der Waals surface area contributed by atoms with Crippen molar-refractivity contribution in [2.75, 3.05) is 19.7 Å². The number of hydrogen-bond acceptors (Lipinski definition) is 5. The number of aryl methyl sites for hydroxylation is 1. The van der Waals surface area contributed by atoms with Crippen LogP contribution in [0.1, 0.15) is 44.0 Å². The van der Waals surface area contributed by atoms with Crippen molar-refractivity contribution in [1.82, 2.24) is 8.87 Å². The van der Waals surface area contributed by atoms with Crippen molar-refractivity contribution in [3.8, 4) is 5.75 Å². The van der Waals surface area contributed by atoms with Gasteiger partial charge in [0.05, 0.1) is 16.2 Å². The molecule has 7 nitrogen and oxygen atoms in total. The van der Waals surface area contributed by atoms with Crippen LogP contribution in [-0.2, 0) is 16.6 Å². The van der Waals surface area contributed by atoms with Gasteiger partial charge in [0, 0.05) is 25.2 Å². The van der Waals surface area contributed by atoms with E-state index in [4.69, 9.17) is 4.74 Å². The van der Waals surface area contributed by atoms with Crippen LogP contribution in [0.4, 0.5) is 0 Å². The van der Waals surface area contributed by atoms with Gasteiger partial charge in [-0.1, -0.05) is 24.3 Å². The molecule has 0 spiro atoms. The molecular weight excluding hydrogens is 458 g/mol. The minimum atomic E-state index is -3.56. The van der Waals surface area contributed by atoms with Crippen molar-refractivity contribution >= 4 is 37.5 Å². The fourth-order valence-electron chi connectivity index (χ4n) is 4.18. The summed E-state index contributed by atoms with van der Waals surface area (Å²) >= 11 is 1.43. The highest BCUT2D eigenvalue weighted by molar-refractivity contribution is 7.89. The van der Waals surface area contributed by atoms with E-state index in [2.05, 4.69) is 11.9 Å². The second-order valence-corrected chi connectivity index (χ2v) is 11.2. The molecule has 0 bridgehead atoms. The summed E-state index contributed by atoms with van der Waals surface area (Å²) in [5.74, 6) is 0.712. The molecule has 1 saturated heterocycles. The van der Waals surface area contributed by atoms with Gasteiger partial charge in [-0.25, -0.2) is 8.42 Å². The molecule has 4 rings (SSSR count). The topological polar surface area (TPSA) is 81.0 Å². The molecule has 1 aromatic heterocycles. The highest BCUT2D eigenvalue weighted by Crippen LogP contribution is 2.28. The van der Waals surface area contributed by atoms with E-state index in [1.165, 1.54) is 23.5 Å². The predicted octanol–water partition coefficient (Wildman–Crippen LogP) is 4.28. The summed E-state index contributed by atoms with van der Waals surface area (Å²) in [6.45, 7) is 8.27. The van der Waals surface area contributed by atoms with E-state index in [9.17, 15) is 13.2 Å². The average Bonchev–Trinajstić information content (AvgIpc) is 3.17. The van der Waals surface area contributed by atoms with Crippen LogP contribution in [0, 0.1) is 5.92 Å². The molecule has 2 aromatic carbocycles. The first-order valence-corrected chi connectivity index (χ1v) is 13.5. The Kier molecular flexibility index (Phi) is 7.02. The van der Waals surface area contributed by atoms with Crippen molar-refractivity contribution in [2.24, 2.45) is 10.9 Å². The van der Waals surface area contributed by atoms with Gasteiger partial charge in [-0.15, -0.1) is 0 Å². The number of thiazole rings is 1. The van der Waals surface area contributed by atoms with Crippen LogP contribution in [0.5, 0.6) is 5.75 Å². The largest absolute Gasteiger partial charge is 0.492 e. The number of carbonyl (C=O) groups excluding carboxylic acids is 1. The molecule has 0 saturated carbocycles. The first-order valence-electron chi connectivity index (χ1n) is 11.3. The van der Waals surface area contributed by atoms with Crippen LogP contribution < -0.4 is 9.54 Å². The SMILES string of the molecule is CCOc1cccc2sc(=NC(=O)c3ccc(S(=O)(=O)N4CCCC(C)C4)cc3)n(CC)c12. The highest BCUT2D eigenvalue weighted by atomic mass is 32.2. The third-order valence-corrected chi connectivity index (χ3v) is 8.76. The maximum absolute atomic E-state index is 13.0. The summed E-state index contributed by atoms with van der Waals surface area (Å²) in [5, 5.41) is 0. The molecule has 2 heterocycles. The zero-order valence-electron chi connectivity index (χ0n) is 19.2. The zero-order valence-corrected chi connectivity index (χ0v) is 20.8. The molecule has 33 heavy (non-hydrogen) atoms. The number of fused-ring (bicyclic) bond motifs is 1. The number of aromatic nitrogens is 1. The smallest absolute Gasteiger partial charge is 0.279 e. The zero-order chi connectivity index (χ0) is 23.6. The Balaban J connectivity index is 1.64. The summed E-state index contributed by atoms with van der Waals surface area (Å²) in [6.07, 6.45) is 1.91. The summed E-state index contributed by atoms with van der Waals surface area (Å²) in [6, 6.07) is 11.9. The van der Waals surface area contributed by atoms with E-state index < -0.39 is 15.9 Å². The van der Waals surface area contributed by atoms with E-state index in [0.29, 0.717) is 42.5 Å². The third kappa shape index (κ3) is 4.76. The lowest BCUT2D eigenvalue weighted by molar-refractivity contribution is 0.0997. The maximum atomic E-state index is 13.0. The van der Waals surface area contributed by atoms with Gasteiger partial charge in [-0.05, 0) is 69.0 Å². The molecule has 1 aliphatic rings. The van der Waals surface area contributed by atoms with E-state index in [1.807, 2.05) is 36.6 Å². The predicted molar refractivity (Wildman–Crippen MR) is 130 cm³/mol. The second-order valence-electron chi connectivity index (χ2n) is 8.22. The monoisotopic (exact) mass is 487 g/mol. The van der Waals surface area contributed by atoms with E-state index >= 15 is 0 Å². The number of sulfonamides is 1. The fraction of sp³-hybridized carbons (Fsp3) is 0.417. The summed E-state index contributed by atoms with van der Waals surface area (Å²) in [7, 11) is -3.56. The first kappa shape index (κ1) is 23.7. The quantitative estimate of drug-likeness (QED) is 0.520. The van der Waals surface area contributed by atoms with Gasteiger partial charge in [0.1, 0.15) is 11.3 Å². The van der Waals surface area contributed by atoms with Gasteiger partial charge < -0.3 is 9.30 Å². The fourth-order valence-corrected chi connectivity index (χ4v) is 6.89. The number of para-hydroxylation sites is 1. The van der Waals surface area contributed by atoms with Gasteiger partial charge >= 0.3 is 0 Å². The van der Waals surface area contributed by atoms with Crippen LogP contribution in [-0.4, -0.2) is 42.9 Å². The summed E-state index contributed by atoms with van der Waals surface area (Å²) in [5.41, 5.74) is 1.28. The van der Waals surface area contributed by atoms with E-state index in [-0.39, 0.29) is 4.90 Å². The number of amides is 1. The summed E-state index contributed by atoms with van der Waals surface area (Å²) in [4.78, 5) is 18.1. The molecule has 9 heteroatoms. The third-order valence-electron chi connectivity index (χ3n) is 5.84. The van der Waals surface area contributed by atoms with Crippen LogP contribution in [0.3, 0.4) is 0 Å². The molecule has 0 radical (unpaired) electrons. The van der Waals surface area contributed by atoms with Gasteiger partial charge in [-0.2, -0.15) is 9.30 Å². The minimum Gasteiger partial charge on any atom is -0.492 e. The van der Waals surface area contributed by atoms with E-state index in [0.717, 1.165) is 28.8 Å². The van der Waals surface area contributed by atoms with Crippen LogP contribution in [0.25, 0.3) is 10.2 Å². The Morgan fingerprint density at radius 2 is 1.94 bits per heavy atom. The molecule has 3 aromatic rings. The number of ether oxygens (including phenoxy) is 1. The number of rotatable bonds is 6. The van der Waals surface area contributed by atoms with Crippen molar-refractivity contribution in [3.05, 3.63) is 52.8 Å². The van der Waals surface area contributed by atoms with Crippen molar-refractivity contribution in [2.45, 2.75) is 45.1 Å². The molecular formula is C24H29N3O4S2. The van der Waals surface area contributed by atoms with Gasteiger partial charge in [0.15, 0.2) is 4.80 Å². The number of benzene rings is 2. The Morgan fingerprint density at radius 3 is 2.61 bits per heavy atom. The molecule has 1 amide bonds. The van der Waals surface area contributed by atoms with Crippen LogP contribution in [0.15, 0.2) is 52.4 Å². The highest BCUT2D eigenvalue weighted by Gasteiger charge is 2.28. The lowest BCUT2D eigenvalue weighted by Crippen LogP contribution is -2.39. The minimum absolute atomic E-state index is 0.208. The molecule has 1 aliphatic heterocycles. The average molecular weight is 488 g/mol. The maximum Gasteiger partial charge on any atom is 0.279 e. The Bertz CT molecular complexity index is 1320. The van der Waals surface area contributed by atoms with Gasteiger partial charge in [-0.3, -0.25) is 4.79 Å². The molecule has 1 unspecified atom stereocenters. The van der Waals surface area contributed by atoms with Gasteiger partial charge in [0.2, 0.25) is 10.0 Å². The van der Waals surface area contributed by atoms with Crippen LogP contribution in [0.2, 0.25) is 0 Å². The molecule has 0 aliphatic carbocycles. The normalized spacial score (nSPS) is 18.0. The van der Waals surface area contributed by atoms with Crippen molar-refractivity contribution in [3.63, 3.8) is 0 Å². The lowest BCUT2D eigenvalue weighted by atomic mass is 10.0. The number of piperidine rings is 1. The molecule has 1 atom stereocenters. The number of carbonyl (C=O) groups is 1. The second kappa shape index (κ2) is 9.79. The number of hydrogen-bond donors (Lipinski definition) is 0. The first-order chi connectivity index (χ1) is 15.8. The molecule has 176 valence electrons. The molecule has 1 fully saturated rings. The van der Waals surface area contributed by atoms with Crippen molar-refractivity contribution in [1.29, 1.82) is 0 Å². The number of nitrogens with zero attached hydrogens (tertiary/aromatic N) is 3. The molecule has 0 N–H and O–H groups in total. The Labute approximate surface area is 198 Å². The summed E-state index contributed by atoms with van der Waals surface area (Å²) < 4.78 is 36.2. The lowest BCUT2D eigenvalue weighted by Gasteiger charge is -2.30.